The monoisotopic (exact) mass is 823 g/mol. The molecule has 12 heteroatoms. The lowest BCUT2D eigenvalue weighted by Crippen LogP contribution is -2.24. The lowest BCUT2D eigenvalue weighted by molar-refractivity contribution is -0.121. The van der Waals surface area contributed by atoms with Crippen LogP contribution >= 0.6 is 46.4 Å². The number of hydrogen-bond donors (Lipinski definition) is 2. The topological polar surface area (TPSA) is 103 Å². The van der Waals surface area contributed by atoms with Crippen molar-refractivity contribution in [2.24, 2.45) is 11.8 Å². The number of unbranched alkanes of at least 4 members (excludes halogenated alkanes) is 1. The van der Waals surface area contributed by atoms with E-state index in [2.05, 4.69) is 16.4 Å². The number of imidazole rings is 1. The number of benzene rings is 3. The summed E-state index contributed by atoms with van der Waals surface area (Å²) in [6.45, 7) is 1.06. The Morgan fingerprint density at radius 1 is 1.00 bits per heavy atom. The van der Waals surface area contributed by atoms with Gasteiger partial charge < -0.3 is 24.5 Å². The number of aliphatic hydroxyl groups is 1. The number of aliphatic hydroxyl groups excluding tert-OH is 1. The van der Waals surface area contributed by atoms with Crippen molar-refractivity contribution in [1.29, 1.82) is 0 Å². The number of allylic oxidation sites excluding steroid dienone is 5. The number of rotatable bonds is 18. The predicted molar refractivity (Wildman–Crippen MR) is 220 cm³/mol. The Balaban J connectivity index is 0.000000214. The van der Waals surface area contributed by atoms with Gasteiger partial charge in [-0.2, -0.15) is 0 Å². The second kappa shape index (κ2) is 22.0. The fraction of sp³-hybridized carbons (Fsp3) is 0.326. The van der Waals surface area contributed by atoms with Crippen molar-refractivity contribution in [3.05, 3.63) is 153 Å². The zero-order valence-electron chi connectivity index (χ0n) is 30.3. The number of para-hydroxylation sites is 1. The highest BCUT2D eigenvalue weighted by Gasteiger charge is 2.27. The Hall–Kier alpha value is -3.89. The molecule has 2 N–H and O–H groups in total. The maximum Gasteiger partial charge on any atom is 0.220 e. The second-order valence-corrected chi connectivity index (χ2v) is 15.1. The Kier molecular flexibility index (Phi) is 16.9. The van der Waals surface area contributed by atoms with Crippen molar-refractivity contribution in [3.8, 4) is 5.75 Å². The van der Waals surface area contributed by atoms with Crippen molar-refractivity contribution in [2.45, 2.75) is 69.9 Å². The van der Waals surface area contributed by atoms with Crippen LogP contribution in [-0.4, -0.2) is 45.1 Å². The molecule has 1 amide bonds. The maximum atomic E-state index is 12.2. The molecule has 290 valence electrons. The lowest BCUT2D eigenvalue weighted by Gasteiger charge is -2.21. The van der Waals surface area contributed by atoms with Crippen molar-refractivity contribution in [1.82, 2.24) is 14.9 Å². The van der Waals surface area contributed by atoms with Crippen LogP contribution in [0.1, 0.15) is 55.8 Å². The number of aromatic nitrogens is 2. The summed E-state index contributed by atoms with van der Waals surface area (Å²) in [5.74, 6) is 0.832. The van der Waals surface area contributed by atoms with Gasteiger partial charge >= 0.3 is 0 Å². The highest BCUT2D eigenvalue weighted by atomic mass is 35.5. The SMILES string of the molecule is Clc1ccc(COC(Cn2ccnc2)c2ccc(Cl)cc2Cl)c(Cl)c1.O=C(CCC/C=C\C[C@H]1C(=O)C=C[C@@H]1/C=C/[C@@H](O)COc1ccccc1)NC1CC1. The van der Waals surface area contributed by atoms with E-state index in [0.717, 1.165) is 36.8 Å². The van der Waals surface area contributed by atoms with Gasteiger partial charge in [-0.1, -0.05) is 107 Å². The van der Waals surface area contributed by atoms with Crippen LogP contribution in [0, 0.1) is 11.8 Å². The minimum Gasteiger partial charge on any atom is -0.491 e. The minimum atomic E-state index is -0.729. The van der Waals surface area contributed by atoms with Crippen LogP contribution in [0.5, 0.6) is 5.75 Å². The van der Waals surface area contributed by atoms with Crippen LogP contribution in [0.25, 0.3) is 0 Å². The van der Waals surface area contributed by atoms with Gasteiger partial charge in [0.05, 0.1) is 19.5 Å². The summed E-state index contributed by atoms with van der Waals surface area (Å²) in [6.07, 6.45) is 20.6. The Labute approximate surface area is 342 Å². The first-order valence-corrected chi connectivity index (χ1v) is 19.8. The number of nitrogens with zero attached hydrogens (tertiary/aromatic N) is 2. The van der Waals surface area contributed by atoms with Crippen LogP contribution < -0.4 is 10.1 Å². The number of halogens is 4. The van der Waals surface area contributed by atoms with Gasteiger partial charge in [0, 0.05) is 62.3 Å². The first kappa shape index (κ1) is 42.3. The summed E-state index contributed by atoms with van der Waals surface area (Å²) in [4.78, 5) is 27.9. The van der Waals surface area contributed by atoms with E-state index in [1.165, 1.54) is 0 Å². The van der Waals surface area contributed by atoms with Gasteiger partial charge in [-0.05, 0) is 80.1 Å². The predicted octanol–water partition coefficient (Wildman–Crippen LogP) is 10.2. The van der Waals surface area contributed by atoms with E-state index < -0.39 is 6.10 Å². The summed E-state index contributed by atoms with van der Waals surface area (Å²) >= 11 is 24.5. The summed E-state index contributed by atoms with van der Waals surface area (Å²) in [5.41, 5.74) is 1.71. The first-order valence-electron chi connectivity index (χ1n) is 18.3. The normalized spacial score (nSPS) is 17.7. The number of amides is 1. The smallest absolute Gasteiger partial charge is 0.220 e. The summed E-state index contributed by atoms with van der Waals surface area (Å²) in [7, 11) is 0. The number of ether oxygens (including phenoxy) is 2. The van der Waals surface area contributed by atoms with Gasteiger partial charge in [0.15, 0.2) is 5.78 Å². The molecule has 6 rings (SSSR count). The molecule has 0 spiro atoms. The molecule has 0 aliphatic heterocycles. The van der Waals surface area contributed by atoms with E-state index in [4.69, 9.17) is 55.9 Å². The van der Waals surface area contributed by atoms with E-state index in [1.54, 1.807) is 48.9 Å². The number of carbonyl (C=O) groups is 2. The molecular weight excluding hydrogens is 780 g/mol. The van der Waals surface area contributed by atoms with Crippen molar-refractivity contribution >= 4 is 58.1 Å². The molecule has 4 atom stereocenters. The van der Waals surface area contributed by atoms with Gasteiger partial charge in [0.25, 0.3) is 0 Å². The lowest BCUT2D eigenvalue weighted by atomic mass is 9.90. The molecule has 55 heavy (non-hydrogen) atoms. The zero-order valence-corrected chi connectivity index (χ0v) is 33.3. The molecule has 1 saturated carbocycles. The van der Waals surface area contributed by atoms with Gasteiger partial charge in [0.1, 0.15) is 24.6 Å². The van der Waals surface area contributed by atoms with Crippen LogP contribution in [0.3, 0.4) is 0 Å². The van der Waals surface area contributed by atoms with E-state index in [-0.39, 0.29) is 36.2 Å². The van der Waals surface area contributed by atoms with Crippen molar-refractivity contribution in [2.75, 3.05) is 6.61 Å². The molecule has 8 nitrogen and oxygen atoms in total. The number of hydrogen-bond acceptors (Lipinski definition) is 6. The van der Waals surface area contributed by atoms with E-state index in [9.17, 15) is 14.7 Å². The molecule has 1 heterocycles. The van der Waals surface area contributed by atoms with Gasteiger partial charge in [-0.25, -0.2) is 4.98 Å². The van der Waals surface area contributed by atoms with Crippen LogP contribution in [0.4, 0.5) is 0 Å². The van der Waals surface area contributed by atoms with Gasteiger partial charge in [0.2, 0.25) is 5.91 Å². The van der Waals surface area contributed by atoms with Gasteiger partial charge in [-0.15, -0.1) is 0 Å². The van der Waals surface area contributed by atoms with E-state index in [1.807, 2.05) is 71.5 Å². The Morgan fingerprint density at radius 2 is 1.76 bits per heavy atom. The molecule has 4 aromatic rings. The molecule has 2 aliphatic carbocycles. The summed E-state index contributed by atoms with van der Waals surface area (Å²) in [6, 6.07) is 20.5. The molecule has 1 fully saturated rings. The molecule has 0 bridgehead atoms. The molecular formula is C43H45Cl4N3O5. The average Bonchev–Trinajstić information content (AvgIpc) is 3.69. The number of nitrogens with one attached hydrogen (secondary N) is 1. The van der Waals surface area contributed by atoms with E-state index in [0.29, 0.717) is 57.9 Å². The Bertz CT molecular complexity index is 1910. The van der Waals surface area contributed by atoms with Crippen molar-refractivity contribution in [3.63, 3.8) is 0 Å². The number of carbonyl (C=O) groups excluding carboxylic acids is 2. The largest absolute Gasteiger partial charge is 0.491 e. The van der Waals surface area contributed by atoms with Crippen LogP contribution in [0.2, 0.25) is 20.1 Å². The standard InChI is InChI=1S/C25H31NO4.C18H14Cl4N2O/c27-21(18-30-22-8-4-3-5-9-22)16-12-19-13-17-24(28)23(19)10-6-1-2-7-11-25(29)26-20-14-15-20;19-13-2-1-12(16(21)7-13)10-25-18(9-24-6-5-23-11-24)15-4-3-14(20)8-17(15)22/h1,3-6,8-9,12-13,16-17,19-21,23,27H,2,7,10-11,14-15,18H2,(H,26,29);1-8,11,18H,9-10H2/b6-1-,16-12+;/t19-,21+,23+;/m0./s1. The third-order valence-corrected chi connectivity index (χ3v) is 10.2. The fourth-order valence-electron chi connectivity index (χ4n) is 5.82. The molecule has 0 radical (unpaired) electrons. The second-order valence-electron chi connectivity index (χ2n) is 13.4. The van der Waals surface area contributed by atoms with Crippen LogP contribution in [-0.2, 0) is 27.5 Å². The zero-order chi connectivity index (χ0) is 39.0. The van der Waals surface area contributed by atoms with E-state index >= 15 is 0 Å². The fourth-order valence-corrected chi connectivity index (χ4v) is 6.82. The third kappa shape index (κ3) is 14.6. The molecule has 2 aliphatic rings. The summed E-state index contributed by atoms with van der Waals surface area (Å²) < 4.78 is 13.6. The molecule has 0 saturated heterocycles. The average molecular weight is 826 g/mol. The van der Waals surface area contributed by atoms with Gasteiger partial charge in [-0.3, -0.25) is 9.59 Å². The molecule has 1 unspecified atom stereocenters. The first-order chi connectivity index (χ1) is 26.6. The molecule has 1 aromatic heterocycles. The van der Waals surface area contributed by atoms with Crippen molar-refractivity contribution < 1.29 is 24.2 Å². The highest BCUT2D eigenvalue weighted by molar-refractivity contribution is 6.35. The third-order valence-electron chi connectivity index (χ3n) is 9.01. The Morgan fingerprint density at radius 3 is 2.47 bits per heavy atom. The quantitative estimate of drug-likeness (QED) is 0.0765. The minimum absolute atomic E-state index is 0.0159. The molecule has 3 aromatic carbocycles. The van der Waals surface area contributed by atoms with Crippen LogP contribution in [0.15, 0.2) is 122 Å². The number of ketones is 1. The summed E-state index contributed by atoms with van der Waals surface area (Å²) in [5, 5.41) is 15.4. The highest BCUT2D eigenvalue weighted by Crippen LogP contribution is 2.32. The maximum absolute atomic E-state index is 12.2.